The molecule has 0 aromatic heterocycles. The molecule has 0 aliphatic heterocycles. The topological polar surface area (TPSA) is 0 Å². The van der Waals surface area contributed by atoms with E-state index in [0.29, 0.717) is 5.92 Å². The van der Waals surface area contributed by atoms with E-state index in [2.05, 4.69) is 92.7 Å². The minimum atomic E-state index is 0.568. The van der Waals surface area contributed by atoms with Gasteiger partial charge in [-0.15, -0.1) is 0 Å². The van der Waals surface area contributed by atoms with E-state index in [4.69, 9.17) is 0 Å². The van der Waals surface area contributed by atoms with Gasteiger partial charge >= 0.3 is 0 Å². The molecular weight excluding hydrogens is 288 g/mol. The first-order valence-corrected chi connectivity index (χ1v) is 8.69. The molecule has 0 heteroatoms. The lowest BCUT2D eigenvalue weighted by molar-refractivity contribution is 0.869. The third-order valence-corrected chi connectivity index (χ3v) is 4.82. The smallest absolute Gasteiger partial charge is 0.00253 e. The van der Waals surface area contributed by atoms with E-state index in [-0.39, 0.29) is 0 Å². The van der Waals surface area contributed by atoms with Gasteiger partial charge in [-0.3, -0.25) is 0 Å². The van der Waals surface area contributed by atoms with E-state index in [1.807, 2.05) is 0 Å². The number of benzene rings is 4. The zero-order valence-corrected chi connectivity index (χ0v) is 14.3. The molecule has 0 amide bonds. The average Bonchev–Trinajstić information content (AvgIpc) is 2.61. The number of hydrogen-bond acceptors (Lipinski definition) is 0. The van der Waals surface area contributed by atoms with Crippen molar-refractivity contribution >= 4 is 21.5 Å². The van der Waals surface area contributed by atoms with Gasteiger partial charge in [0.1, 0.15) is 0 Å². The summed E-state index contributed by atoms with van der Waals surface area (Å²) in [6.07, 6.45) is 0.979. The van der Waals surface area contributed by atoms with E-state index in [9.17, 15) is 0 Å². The number of rotatable bonds is 3. The Morgan fingerprint density at radius 1 is 0.583 bits per heavy atom. The molecule has 0 saturated heterocycles. The Kier molecular flexibility index (Phi) is 3.82. The van der Waals surface area contributed by atoms with Gasteiger partial charge in [0.05, 0.1) is 0 Å². The van der Waals surface area contributed by atoms with E-state index >= 15 is 0 Å². The predicted octanol–water partition coefficient (Wildman–Crippen LogP) is 6.71. The molecule has 0 heterocycles. The lowest BCUT2D eigenvalue weighted by Gasteiger charge is -2.09. The minimum Gasteiger partial charge on any atom is -0.0616 e. The normalized spacial score (nSPS) is 11.5. The molecule has 0 nitrogen and oxygen atoms in total. The van der Waals surface area contributed by atoms with Gasteiger partial charge in [0.15, 0.2) is 0 Å². The summed E-state index contributed by atoms with van der Waals surface area (Å²) in [5, 5.41) is 5.29. The van der Waals surface area contributed by atoms with Crippen molar-refractivity contribution in [2.45, 2.75) is 26.2 Å². The number of fused-ring (bicyclic) bond motifs is 2. The predicted molar refractivity (Wildman–Crippen MR) is 105 cm³/mol. The first-order valence-electron chi connectivity index (χ1n) is 8.69. The molecule has 0 atom stereocenters. The lowest BCUT2D eigenvalue weighted by Crippen LogP contribution is -1.90. The molecule has 4 aromatic rings. The Bertz CT molecular complexity index is 1010. The first kappa shape index (κ1) is 15.0. The monoisotopic (exact) mass is 310 g/mol. The fourth-order valence-corrected chi connectivity index (χ4v) is 3.37. The van der Waals surface area contributed by atoms with Crippen molar-refractivity contribution in [2.24, 2.45) is 0 Å². The summed E-state index contributed by atoms with van der Waals surface area (Å²) >= 11 is 0. The van der Waals surface area contributed by atoms with Gasteiger partial charge in [0.25, 0.3) is 0 Å². The van der Waals surface area contributed by atoms with Crippen molar-refractivity contribution in [3.63, 3.8) is 0 Å². The molecule has 0 unspecified atom stereocenters. The van der Waals surface area contributed by atoms with Crippen molar-refractivity contribution in [3.8, 4) is 0 Å². The SMILES string of the molecule is CC(C)c1ccc2ccc(Cc3ccc4ccccc4c3)cc2c1. The van der Waals surface area contributed by atoms with Crippen LogP contribution in [-0.4, -0.2) is 0 Å². The van der Waals surface area contributed by atoms with Crippen LogP contribution < -0.4 is 0 Å². The molecule has 0 fully saturated rings. The summed E-state index contributed by atoms with van der Waals surface area (Å²) in [4.78, 5) is 0. The Morgan fingerprint density at radius 3 is 1.88 bits per heavy atom. The van der Waals surface area contributed by atoms with Gasteiger partial charge < -0.3 is 0 Å². The third kappa shape index (κ3) is 2.92. The molecule has 0 saturated carbocycles. The molecule has 0 aliphatic carbocycles. The summed E-state index contributed by atoms with van der Waals surface area (Å²) in [7, 11) is 0. The quantitative estimate of drug-likeness (QED) is 0.394. The van der Waals surface area contributed by atoms with Crippen molar-refractivity contribution in [3.05, 3.63) is 95.6 Å². The molecule has 0 spiro atoms. The van der Waals surface area contributed by atoms with Crippen LogP contribution in [0.5, 0.6) is 0 Å². The van der Waals surface area contributed by atoms with Gasteiger partial charge in [-0.2, -0.15) is 0 Å². The summed E-state index contributed by atoms with van der Waals surface area (Å²) in [5.41, 5.74) is 4.15. The van der Waals surface area contributed by atoms with Crippen molar-refractivity contribution in [1.82, 2.24) is 0 Å². The highest BCUT2D eigenvalue weighted by Crippen LogP contribution is 2.24. The molecule has 4 rings (SSSR count). The fraction of sp³-hybridized carbons (Fsp3) is 0.167. The standard InChI is InChI=1S/C24H22/c1-17(2)22-12-11-21-10-8-19(15-24(21)16-22)13-18-7-9-20-5-3-4-6-23(20)14-18/h3-12,14-17H,13H2,1-2H3. The molecule has 4 aromatic carbocycles. The fourth-order valence-electron chi connectivity index (χ4n) is 3.37. The molecule has 0 N–H and O–H groups in total. The van der Waals surface area contributed by atoms with E-state index in [1.165, 1.54) is 38.2 Å². The Balaban J connectivity index is 1.69. The average molecular weight is 310 g/mol. The Hall–Kier alpha value is -2.60. The second kappa shape index (κ2) is 6.13. The summed E-state index contributed by atoms with van der Waals surface area (Å²) in [5.74, 6) is 0.568. The van der Waals surface area contributed by atoms with Crippen LogP contribution in [0.3, 0.4) is 0 Å². The van der Waals surface area contributed by atoms with Crippen molar-refractivity contribution in [2.75, 3.05) is 0 Å². The van der Waals surface area contributed by atoms with Crippen LogP contribution in [0.4, 0.5) is 0 Å². The summed E-state index contributed by atoms with van der Waals surface area (Å²) in [6.45, 7) is 4.50. The minimum absolute atomic E-state index is 0.568. The van der Waals surface area contributed by atoms with Crippen LogP contribution in [-0.2, 0) is 6.42 Å². The van der Waals surface area contributed by atoms with Gasteiger partial charge in [0.2, 0.25) is 0 Å². The maximum atomic E-state index is 2.34. The molecular formula is C24H22. The third-order valence-electron chi connectivity index (χ3n) is 4.82. The number of hydrogen-bond donors (Lipinski definition) is 0. The second-order valence-corrected chi connectivity index (χ2v) is 6.95. The molecule has 0 bridgehead atoms. The Labute approximate surface area is 143 Å². The summed E-state index contributed by atoms with van der Waals surface area (Å²) in [6, 6.07) is 29.0. The largest absolute Gasteiger partial charge is 0.0616 e. The van der Waals surface area contributed by atoms with Crippen LogP contribution in [0.25, 0.3) is 21.5 Å². The van der Waals surface area contributed by atoms with Crippen LogP contribution in [0, 0.1) is 0 Å². The van der Waals surface area contributed by atoms with E-state index < -0.39 is 0 Å². The van der Waals surface area contributed by atoms with Crippen molar-refractivity contribution < 1.29 is 0 Å². The Morgan fingerprint density at radius 2 is 1.17 bits per heavy atom. The van der Waals surface area contributed by atoms with Crippen LogP contribution >= 0.6 is 0 Å². The van der Waals surface area contributed by atoms with Crippen molar-refractivity contribution in [1.29, 1.82) is 0 Å². The van der Waals surface area contributed by atoms with Gasteiger partial charge in [-0.25, -0.2) is 0 Å². The lowest BCUT2D eigenvalue weighted by atomic mass is 9.96. The highest BCUT2D eigenvalue weighted by molar-refractivity contribution is 5.85. The molecule has 118 valence electrons. The highest BCUT2D eigenvalue weighted by atomic mass is 14.1. The second-order valence-electron chi connectivity index (χ2n) is 6.95. The first-order chi connectivity index (χ1) is 11.7. The van der Waals surface area contributed by atoms with Crippen LogP contribution in [0.2, 0.25) is 0 Å². The highest BCUT2D eigenvalue weighted by Gasteiger charge is 2.03. The van der Waals surface area contributed by atoms with E-state index in [1.54, 1.807) is 0 Å². The zero-order valence-electron chi connectivity index (χ0n) is 14.3. The molecule has 24 heavy (non-hydrogen) atoms. The van der Waals surface area contributed by atoms with Crippen LogP contribution in [0.15, 0.2) is 78.9 Å². The molecule has 0 aliphatic rings. The van der Waals surface area contributed by atoms with E-state index in [0.717, 1.165) is 6.42 Å². The summed E-state index contributed by atoms with van der Waals surface area (Å²) < 4.78 is 0. The maximum absolute atomic E-state index is 2.34. The van der Waals surface area contributed by atoms with Gasteiger partial charge in [0, 0.05) is 0 Å². The van der Waals surface area contributed by atoms with Gasteiger partial charge in [-0.1, -0.05) is 92.7 Å². The maximum Gasteiger partial charge on any atom is -0.00253 e. The molecule has 0 radical (unpaired) electrons. The van der Waals surface area contributed by atoms with Gasteiger partial charge in [-0.05, 0) is 50.6 Å². The van der Waals surface area contributed by atoms with Crippen LogP contribution in [0.1, 0.15) is 36.5 Å². The zero-order chi connectivity index (χ0) is 16.5.